The highest BCUT2D eigenvalue weighted by molar-refractivity contribution is 5.96. The molecule has 140 valence electrons. The van der Waals surface area contributed by atoms with Crippen LogP contribution in [0.4, 0.5) is 0 Å². The molecular weight excluding hydrogens is 344 g/mol. The number of H-pyrrole nitrogens is 1. The van der Waals surface area contributed by atoms with Crippen molar-refractivity contribution in [2.24, 2.45) is 0 Å². The summed E-state index contributed by atoms with van der Waals surface area (Å²) in [6.07, 6.45) is 3.77. The van der Waals surface area contributed by atoms with E-state index in [0.717, 1.165) is 12.1 Å². The molecule has 4 rings (SSSR count). The van der Waals surface area contributed by atoms with Crippen LogP contribution in [-0.4, -0.2) is 39.0 Å². The standard InChI is InChI=1S/C20H22N4O3/c1-3-14-18(17(4-2)27-23-14)20(26)24-9-7-12(11-24)15-10-16-13(19(25)22-15)6-5-8-21-16/h5-6,8,10,12H,3-4,7,9,11H2,1-2H3,(H,22,25). The van der Waals surface area contributed by atoms with Crippen molar-refractivity contribution in [2.45, 2.75) is 39.0 Å². The molecular formula is C20H22N4O3. The van der Waals surface area contributed by atoms with E-state index >= 15 is 0 Å². The first-order chi connectivity index (χ1) is 13.1. The second kappa shape index (κ2) is 6.98. The van der Waals surface area contributed by atoms with Crippen LogP contribution in [0.2, 0.25) is 0 Å². The minimum absolute atomic E-state index is 0.0336. The van der Waals surface area contributed by atoms with Crippen molar-refractivity contribution in [3.05, 3.63) is 57.5 Å². The molecule has 1 N–H and O–H groups in total. The van der Waals surface area contributed by atoms with Gasteiger partial charge in [0.05, 0.1) is 16.6 Å². The molecule has 0 bridgehead atoms. The first-order valence-electron chi connectivity index (χ1n) is 9.37. The number of carbonyl (C=O) groups is 1. The Morgan fingerprint density at radius 2 is 2.22 bits per heavy atom. The molecule has 1 fully saturated rings. The van der Waals surface area contributed by atoms with Crippen molar-refractivity contribution in [3.8, 4) is 0 Å². The van der Waals surface area contributed by atoms with E-state index in [1.807, 2.05) is 24.8 Å². The number of aromatic amines is 1. The van der Waals surface area contributed by atoms with Crippen LogP contribution in [0.25, 0.3) is 10.9 Å². The molecule has 27 heavy (non-hydrogen) atoms. The Morgan fingerprint density at radius 1 is 1.37 bits per heavy atom. The fraction of sp³-hybridized carbons (Fsp3) is 0.400. The van der Waals surface area contributed by atoms with Crippen molar-refractivity contribution in [1.82, 2.24) is 20.0 Å². The lowest BCUT2D eigenvalue weighted by Crippen LogP contribution is -2.30. The minimum Gasteiger partial charge on any atom is -0.360 e. The number of likely N-dealkylation sites (tertiary alicyclic amines) is 1. The molecule has 0 saturated carbocycles. The molecule has 0 aromatic carbocycles. The van der Waals surface area contributed by atoms with Gasteiger partial charge in [-0.05, 0) is 31.0 Å². The molecule has 0 aliphatic carbocycles. The molecule has 1 atom stereocenters. The minimum atomic E-state index is -0.138. The van der Waals surface area contributed by atoms with Crippen LogP contribution >= 0.6 is 0 Å². The molecule has 3 aromatic heterocycles. The maximum Gasteiger partial charge on any atom is 0.259 e. The van der Waals surface area contributed by atoms with Crippen molar-refractivity contribution in [3.63, 3.8) is 0 Å². The van der Waals surface area contributed by atoms with Crippen LogP contribution in [0.3, 0.4) is 0 Å². The number of rotatable bonds is 4. The van der Waals surface area contributed by atoms with E-state index in [9.17, 15) is 9.59 Å². The Kier molecular flexibility index (Phi) is 4.51. The summed E-state index contributed by atoms with van der Waals surface area (Å²) in [5, 5.41) is 4.62. The lowest BCUT2D eigenvalue weighted by molar-refractivity contribution is 0.0787. The Hall–Kier alpha value is -2.96. The molecule has 7 nitrogen and oxygen atoms in total. The van der Waals surface area contributed by atoms with Crippen LogP contribution in [-0.2, 0) is 12.8 Å². The summed E-state index contributed by atoms with van der Waals surface area (Å²) < 4.78 is 5.34. The third-order valence-corrected chi connectivity index (χ3v) is 5.25. The summed E-state index contributed by atoms with van der Waals surface area (Å²) in [6, 6.07) is 5.44. The van der Waals surface area contributed by atoms with Crippen LogP contribution < -0.4 is 5.56 Å². The molecule has 0 spiro atoms. The summed E-state index contributed by atoms with van der Waals surface area (Å²) in [5.74, 6) is 0.695. The fourth-order valence-corrected chi connectivity index (χ4v) is 3.77. The van der Waals surface area contributed by atoms with Gasteiger partial charge in [-0.3, -0.25) is 14.6 Å². The zero-order valence-corrected chi connectivity index (χ0v) is 15.5. The number of amides is 1. The van der Waals surface area contributed by atoms with E-state index in [0.29, 0.717) is 53.9 Å². The maximum absolute atomic E-state index is 13.1. The first-order valence-corrected chi connectivity index (χ1v) is 9.37. The predicted molar refractivity (Wildman–Crippen MR) is 101 cm³/mol. The SMILES string of the molecule is CCc1noc(CC)c1C(=O)N1CCC(c2cc3ncccc3c(=O)[nH]2)C1. The number of pyridine rings is 2. The lowest BCUT2D eigenvalue weighted by Gasteiger charge is -2.17. The Labute approximate surface area is 156 Å². The topological polar surface area (TPSA) is 92.1 Å². The van der Waals surface area contributed by atoms with E-state index in [1.165, 1.54) is 0 Å². The van der Waals surface area contributed by atoms with E-state index in [4.69, 9.17) is 4.52 Å². The van der Waals surface area contributed by atoms with Crippen LogP contribution in [0.15, 0.2) is 33.7 Å². The van der Waals surface area contributed by atoms with Crippen molar-refractivity contribution in [2.75, 3.05) is 13.1 Å². The third-order valence-electron chi connectivity index (χ3n) is 5.25. The third kappa shape index (κ3) is 3.03. The van der Waals surface area contributed by atoms with Crippen molar-refractivity contribution < 1.29 is 9.32 Å². The Balaban J connectivity index is 1.60. The molecule has 1 aliphatic heterocycles. The Morgan fingerprint density at radius 3 is 3.00 bits per heavy atom. The van der Waals surface area contributed by atoms with Gasteiger partial charge in [0.15, 0.2) is 0 Å². The monoisotopic (exact) mass is 366 g/mol. The number of hydrogen-bond acceptors (Lipinski definition) is 5. The molecule has 3 aromatic rings. The normalized spacial score (nSPS) is 17.0. The smallest absolute Gasteiger partial charge is 0.259 e. The van der Waals surface area contributed by atoms with Crippen molar-refractivity contribution in [1.29, 1.82) is 0 Å². The average molecular weight is 366 g/mol. The first kappa shape index (κ1) is 17.5. The van der Waals surface area contributed by atoms with Gasteiger partial charge in [-0.15, -0.1) is 0 Å². The number of nitrogens with zero attached hydrogens (tertiary/aromatic N) is 3. The number of carbonyl (C=O) groups excluding carboxylic acids is 1. The zero-order chi connectivity index (χ0) is 19.0. The van der Waals surface area contributed by atoms with Crippen LogP contribution in [0, 0.1) is 0 Å². The Bertz CT molecular complexity index is 1030. The number of aromatic nitrogens is 3. The van der Waals surface area contributed by atoms with Gasteiger partial charge >= 0.3 is 0 Å². The fourth-order valence-electron chi connectivity index (χ4n) is 3.77. The van der Waals surface area contributed by atoms with E-state index in [-0.39, 0.29) is 17.4 Å². The number of aryl methyl sites for hydroxylation is 2. The van der Waals surface area contributed by atoms with E-state index < -0.39 is 0 Å². The zero-order valence-electron chi connectivity index (χ0n) is 15.5. The summed E-state index contributed by atoms with van der Waals surface area (Å²) >= 11 is 0. The van der Waals surface area contributed by atoms with Gasteiger partial charge in [-0.2, -0.15) is 0 Å². The second-order valence-corrected chi connectivity index (χ2v) is 6.86. The van der Waals surface area contributed by atoms with E-state index in [1.54, 1.807) is 18.3 Å². The van der Waals surface area contributed by atoms with E-state index in [2.05, 4.69) is 15.1 Å². The predicted octanol–water partition coefficient (Wildman–Crippen LogP) is 2.67. The largest absolute Gasteiger partial charge is 0.360 e. The molecule has 1 amide bonds. The van der Waals surface area contributed by atoms with Crippen LogP contribution in [0.1, 0.15) is 53.7 Å². The highest BCUT2D eigenvalue weighted by Crippen LogP contribution is 2.29. The highest BCUT2D eigenvalue weighted by atomic mass is 16.5. The quantitative estimate of drug-likeness (QED) is 0.766. The number of hydrogen-bond donors (Lipinski definition) is 1. The molecule has 4 heterocycles. The molecule has 7 heteroatoms. The summed E-state index contributed by atoms with van der Waals surface area (Å²) in [7, 11) is 0. The second-order valence-electron chi connectivity index (χ2n) is 6.86. The van der Waals surface area contributed by atoms with Crippen LogP contribution in [0.5, 0.6) is 0 Å². The molecule has 1 aliphatic rings. The van der Waals surface area contributed by atoms with Gasteiger partial charge in [0.25, 0.3) is 11.5 Å². The molecule has 0 radical (unpaired) electrons. The summed E-state index contributed by atoms with van der Waals surface area (Å²) in [6.45, 7) is 5.12. The van der Waals surface area contributed by atoms with Gasteiger partial charge < -0.3 is 14.4 Å². The molecule has 1 unspecified atom stereocenters. The van der Waals surface area contributed by atoms with Gasteiger partial charge in [0.2, 0.25) is 0 Å². The summed E-state index contributed by atoms with van der Waals surface area (Å²) in [4.78, 5) is 34.5. The van der Waals surface area contributed by atoms with Gasteiger partial charge in [0.1, 0.15) is 11.3 Å². The average Bonchev–Trinajstić information content (AvgIpc) is 3.34. The number of fused-ring (bicyclic) bond motifs is 1. The van der Waals surface area contributed by atoms with Gasteiger partial charge in [-0.1, -0.05) is 19.0 Å². The number of nitrogens with one attached hydrogen (secondary N) is 1. The lowest BCUT2D eigenvalue weighted by atomic mass is 10.0. The van der Waals surface area contributed by atoms with Crippen molar-refractivity contribution >= 4 is 16.8 Å². The maximum atomic E-state index is 13.1. The van der Waals surface area contributed by atoms with Gasteiger partial charge in [-0.25, -0.2) is 0 Å². The van der Waals surface area contributed by atoms with Gasteiger partial charge in [0, 0.05) is 37.3 Å². The summed E-state index contributed by atoms with van der Waals surface area (Å²) in [5.41, 5.74) is 2.69. The highest BCUT2D eigenvalue weighted by Gasteiger charge is 2.32. The molecule has 1 saturated heterocycles.